The Bertz CT molecular complexity index is 673. The van der Waals surface area contributed by atoms with Crippen molar-refractivity contribution in [1.82, 2.24) is 5.32 Å². The zero-order chi connectivity index (χ0) is 15.8. The molecule has 0 radical (unpaired) electrons. The van der Waals surface area contributed by atoms with E-state index in [2.05, 4.69) is 19.2 Å². The molecular weight excluding hydrogens is 317 g/mol. The van der Waals surface area contributed by atoms with Crippen LogP contribution in [0, 0.1) is 11.2 Å². The fourth-order valence-corrected chi connectivity index (χ4v) is 3.42. The van der Waals surface area contributed by atoms with E-state index in [0.29, 0.717) is 0 Å². The zero-order valence-electron chi connectivity index (χ0n) is 11.8. The first-order chi connectivity index (χ1) is 9.58. The minimum Gasteiger partial charge on any atom is -0.349 e. The normalized spacial score (nSPS) is 21.2. The van der Waals surface area contributed by atoms with Crippen LogP contribution in [-0.2, 0) is 9.05 Å². The quantitative estimate of drug-likeness (QED) is 0.865. The highest BCUT2D eigenvalue weighted by atomic mass is 35.7. The van der Waals surface area contributed by atoms with Crippen LogP contribution >= 0.6 is 10.7 Å². The van der Waals surface area contributed by atoms with E-state index in [1.165, 1.54) is 0 Å². The van der Waals surface area contributed by atoms with Gasteiger partial charge in [-0.2, -0.15) is 0 Å². The first kappa shape index (κ1) is 16.2. The summed E-state index contributed by atoms with van der Waals surface area (Å²) in [5.41, 5.74) is -0.00340. The Morgan fingerprint density at radius 3 is 2.57 bits per heavy atom. The third-order valence-electron chi connectivity index (χ3n) is 3.77. The van der Waals surface area contributed by atoms with Gasteiger partial charge in [0, 0.05) is 16.7 Å². The molecule has 0 spiro atoms. The lowest BCUT2D eigenvalue weighted by molar-refractivity contribution is 0.0932. The maximum Gasteiger partial charge on any atom is 0.261 e. The van der Waals surface area contributed by atoms with E-state index in [-0.39, 0.29) is 21.9 Å². The van der Waals surface area contributed by atoms with E-state index < -0.39 is 20.8 Å². The van der Waals surface area contributed by atoms with Crippen LogP contribution in [0.15, 0.2) is 23.1 Å². The molecular formula is C14H17ClFNO3S. The summed E-state index contributed by atoms with van der Waals surface area (Å²) >= 11 is 0. The Balaban J connectivity index is 2.14. The van der Waals surface area contributed by atoms with Crippen molar-refractivity contribution in [2.75, 3.05) is 0 Å². The number of hydrogen-bond donors (Lipinski definition) is 1. The number of nitrogens with one attached hydrogen (secondary N) is 1. The van der Waals surface area contributed by atoms with Crippen molar-refractivity contribution in [2.24, 2.45) is 5.41 Å². The fourth-order valence-electron chi connectivity index (χ4n) is 2.65. The van der Waals surface area contributed by atoms with Crippen molar-refractivity contribution in [1.29, 1.82) is 0 Å². The first-order valence-corrected chi connectivity index (χ1v) is 8.94. The molecule has 0 saturated heterocycles. The molecule has 21 heavy (non-hydrogen) atoms. The Labute approximate surface area is 128 Å². The lowest BCUT2D eigenvalue weighted by Crippen LogP contribution is -2.34. The van der Waals surface area contributed by atoms with Crippen LogP contribution < -0.4 is 5.32 Å². The Hall–Kier alpha value is -1.14. The molecule has 1 fully saturated rings. The summed E-state index contributed by atoms with van der Waals surface area (Å²) in [6.45, 7) is 4.25. The Kier molecular flexibility index (Phi) is 4.31. The molecule has 0 bridgehead atoms. The Morgan fingerprint density at radius 1 is 1.43 bits per heavy atom. The average molecular weight is 334 g/mol. The minimum atomic E-state index is -4.01. The highest BCUT2D eigenvalue weighted by molar-refractivity contribution is 8.13. The van der Waals surface area contributed by atoms with E-state index in [9.17, 15) is 17.6 Å². The molecule has 7 heteroatoms. The van der Waals surface area contributed by atoms with Gasteiger partial charge < -0.3 is 5.32 Å². The summed E-state index contributed by atoms with van der Waals surface area (Å²) in [7, 11) is 1.13. The van der Waals surface area contributed by atoms with E-state index in [4.69, 9.17) is 10.7 Å². The second-order valence-corrected chi connectivity index (χ2v) is 8.72. The fraction of sp³-hybridized carbons (Fsp3) is 0.500. The van der Waals surface area contributed by atoms with Crippen LogP contribution in [0.2, 0.25) is 0 Å². The van der Waals surface area contributed by atoms with Gasteiger partial charge >= 0.3 is 0 Å². The molecule has 1 aliphatic carbocycles. The maximum atomic E-state index is 13.9. The van der Waals surface area contributed by atoms with Gasteiger partial charge in [-0.3, -0.25) is 4.79 Å². The van der Waals surface area contributed by atoms with E-state index >= 15 is 0 Å². The number of carbonyl (C=O) groups excluding carboxylic acids is 1. The third-order valence-corrected chi connectivity index (χ3v) is 5.12. The molecule has 1 saturated carbocycles. The molecule has 1 N–H and O–H groups in total. The van der Waals surface area contributed by atoms with Gasteiger partial charge in [0.2, 0.25) is 0 Å². The smallest absolute Gasteiger partial charge is 0.261 e. The van der Waals surface area contributed by atoms with Crippen LogP contribution in [0.3, 0.4) is 0 Å². The molecule has 0 aliphatic heterocycles. The first-order valence-electron chi connectivity index (χ1n) is 6.64. The van der Waals surface area contributed by atoms with Crippen LogP contribution in [-0.4, -0.2) is 20.4 Å². The Morgan fingerprint density at radius 2 is 2.10 bits per heavy atom. The number of rotatable bonds is 3. The number of benzene rings is 1. The van der Waals surface area contributed by atoms with Crippen molar-refractivity contribution in [3.05, 3.63) is 29.6 Å². The van der Waals surface area contributed by atoms with Gasteiger partial charge in [0.1, 0.15) is 5.82 Å². The van der Waals surface area contributed by atoms with Gasteiger partial charge in [-0.1, -0.05) is 13.8 Å². The zero-order valence-corrected chi connectivity index (χ0v) is 13.4. The van der Waals surface area contributed by atoms with Gasteiger partial charge in [-0.05, 0) is 42.9 Å². The molecule has 1 aliphatic rings. The topological polar surface area (TPSA) is 63.2 Å². The molecule has 4 nitrogen and oxygen atoms in total. The maximum absolute atomic E-state index is 13.9. The SMILES string of the molecule is CC1(C)CCC(NC(=O)c2ccc(S(=O)(=O)Cl)cc2F)C1. The van der Waals surface area contributed by atoms with Gasteiger partial charge in [-0.15, -0.1) is 0 Å². The molecule has 1 unspecified atom stereocenters. The van der Waals surface area contributed by atoms with Crippen molar-refractivity contribution in [2.45, 2.75) is 44.0 Å². The van der Waals surface area contributed by atoms with Gasteiger partial charge in [0.25, 0.3) is 15.0 Å². The summed E-state index contributed by atoms with van der Waals surface area (Å²) in [5, 5.41) is 2.79. The van der Waals surface area contributed by atoms with Crippen LogP contribution in [0.4, 0.5) is 4.39 Å². The summed E-state index contributed by atoms with van der Waals surface area (Å²) in [6, 6.07) is 3.04. The van der Waals surface area contributed by atoms with E-state index in [1.807, 2.05) is 0 Å². The van der Waals surface area contributed by atoms with E-state index in [1.54, 1.807) is 0 Å². The van der Waals surface area contributed by atoms with Gasteiger partial charge in [0.05, 0.1) is 10.5 Å². The molecule has 2 rings (SSSR count). The van der Waals surface area contributed by atoms with Crippen molar-refractivity contribution < 1.29 is 17.6 Å². The summed E-state index contributed by atoms with van der Waals surface area (Å²) in [4.78, 5) is 11.7. The number of carbonyl (C=O) groups is 1. The standard InChI is InChI=1S/C14H17ClFNO3S/c1-14(2)6-5-9(8-14)17-13(18)11-4-3-10(7-12(11)16)21(15,19)20/h3-4,7,9H,5-6,8H2,1-2H3,(H,17,18). The molecule has 1 aromatic carbocycles. The largest absolute Gasteiger partial charge is 0.349 e. The van der Waals surface area contributed by atoms with Crippen LogP contribution in [0.5, 0.6) is 0 Å². The molecule has 0 heterocycles. The average Bonchev–Trinajstić information content (AvgIpc) is 2.67. The van der Waals surface area contributed by atoms with E-state index in [0.717, 1.165) is 37.5 Å². The van der Waals surface area contributed by atoms with Crippen molar-refractivity contribution >= 4 is 25.6 Å². The summed E-state index contributed by atoms with van der Waals surface area (Å²) < 4.78 is 36.1. The summed E-state index contributed by atoms with van der Waals surface area (Å²) in [5.74, 6) is -1.43. The van der Waals surface area contributed by atoms with Crippen molar-refractivity contribution in [3.8, 4) is 0 Å². The lowest BCUT2D eigenvalue weighted by atomic mass is 9.92. The third kappa shape index (κ3) is 3.95. The molecule has 0 aromatic heterocycles. The molecule has 1 amide bonds. The second-order valence-electron chi connectivity index (χ2n) is 6.16. The number of hydrogen-bond acceptors (Lipinski definition) is 3. The second kappa shape index (κ2) is 5.57. The minimum absolute atomic E-state index is 0.0170. The predicted octanol–water partition coefficient (Wildman–Crippen LogP) is 3.06. The number of halogens is 2. The van der Waals surface area contributed by atoms with Crippen LogP contribution in [0.1, 0.15) is 43.5 Å². The lowest BCUT2D eigenvalue weighted by Gasteiger charge is -2.18. The molecule has 1 aromatic rings. The molecule has 116 valence electrons. The predicted molar refractivity (Wildman–Crippen MR) is 78.3 cm³/mol. The summed E-state index contributed by atoms with van der Waals surface area (Å²) in [6.07, 6.45) is 2.70. The van der Waals surface area contributed by atoms with Crippen molar-refractivity contribution in [3.63, 3.8) is 0 Å². The highest BCUT2D eigenvalue weighted by Gasteiger charge is 2.32. The van der Waals surface area contributed by atoms with Gasteiger partial charge in [-0.25, -0.2) is 12.8 Å². The highest BCUT2D eigenvalue weighted by Crippen LogP contribution is 2.37. The number of amides is 1. The monoisotopic (exact) mass is 333 g/mol. The molecule has 1 atom stereocenters. The van der Waals surface area contributed by atoms with Gasteiger partial charge in [0.15, 0.2) is 0 Å². The van der Waals surface area contributed by atoms with Crippen LogP contribution in [0.25, 0.3) is 0 Å².